The normalized spacial score (nSPS) is 16.2. The summed E-state index contributed by atoms with van der Waals surface area (Å²) < 4.78 is 5.01. The monoisotopic (exact) mass is 459 g/mol. The first-order valence-electron chi connectivity index (χ1n) is 8.71. The SMILES string of the molecule is CC(CO)[NH+](C(C)CO)C(C)CO.CC(Oc1cc(Cl)c(Cl)cc1Cl)C(=O)[O-]. The van der Waals surface area contributed by atoms with Crippen molar-refractivity contribution in [2.24, 2.45) is 0 Å². The summed E-state index contributed by atoms with van der Waals surface area (Å²) in [6, 6.07) is 2.87. The number of carboxylic acid groups (broad SMARTS) is 1. The molecule has 28 heavy (non-hydrogen) atoms. The number of carboxylic acids is 1. The van der Waals surface area contributed by atoms with Crippen molar-refractivity contribution in [1.82, 2.24) is 0 Å². The lowest BCUT2D eigenvalue weighted by Gasteiger charge is -2.33. The first-order valence-corrected chi connectivity index (χ1v) is 9.84. The highest BCUT2D eigenvalue weighted by Crippen LogP contribution is 2.34. The summed E-state index contributed by atoms with van der Waals surface area (Å²) in [4.78, 5) is 11.5. The number of benzene rings is 1. The van der Waals surface area contributed by atoms with E-state index < -0.39 is 12.1 Å². The van der Waals surface area contributed by atoms with E-state index in [-0.39, 0.29) is 58.8 Å². The van der Waals surface area contributed by atoms with Crippen LogP contribution in [-0.2, 0) is 4.79 Å². The molecule has 0 spiro atoms. The van der Waals surface area contributed by atoms with Crippen LogP contribution in [0.4, 0.5) is 0 Å². The fraction of sp³-hybridized carbons (Fsp3) is 0.611. The predicted octanol–water partition coefficient (Wildman–Crippen LogP) is 0.178. The van der Waals surface area contributed by atoms with Crippen LogP contribution in [0, 0.1) is 0 Å². The summed E-state index contributed by atoms with van der Waals surface area (Å²) in [7, 11) is 0. The van der Waals surface area contributed by atoms with Gasteiger partial charge in [0.25, 0.3) is 0 Å². The summed E-state index contributed by atoms with van der Waals surface area (Å²) in [5.74, 6) is -1.18. The molecule has 4 N–H and O–H groups in total. The molecule has 0 heterocycles. The largest absolute Gasteiger partial charge is 0.546 e. The Balaban J connectivity index is 0.000000528. The van der Waals surface area contributed by atoms with Gasteiger partial charge in [-0.15, -0.1) is 0 Å². The van der Waals surface area contributed by atoms with E-state index in [4.69, 9.17) is 54.9 Å². The Labute approximate surface area is 180 Å². The third-order valence-corrected chi connectivity index (χ3v) is 5.16. The molecule has 1 aromatic rings. The van der Waals surface area contributed by atoms with Crippen molar-refractivity contribution >= 4 is 40.8 Å². The second kappa shape index (κ2) is 13.4. The highest BCUT2D eigenvalue weighted by atomic mass is 35.5. The van der Waals surface area contributed by atoms with Crippen LogP contribution in [0.1, 0.15) is 27.7 Å². The summed E-state index contributed by atoms with van der Waals surface area (Å²) in [5.41, 5.74) is 0. The average Bonchev–Trinajstić information content (AvgIpc) is 2.65. The maximum absolute atomic E-state index is 10.4. The molecule has 7 nitrogen and oxygen atoms in total. The van der Waals surface area contributed by atoms with Gasteiger partial charge in [0.1, 0.15) is 30.0 Å². The van der Waals surface area contributed by atoms with Gasteiger partial charge in [-0.05, 0) is 33.8 Å². The van der Waals surface area contributed by atoms with Crippen LogP contribution >= 0.6 is 34.8 Å². The molecule has 0 saturated heterocycles. The Kier molecular flexibility index (Phi) is 13.0. The first kappa shape index (κ1) is 27.2. The summed E-state index contributed by atoms with van der Waals surface area (Å²) >= 11 is 17.2. The van der Waals surface area contributed by atoms with Crippen LogP contribution in [0.25, 0.3) is 0 Å². The Hall–Kier alpha value is -0.800. The van der Waals surface area contributed by atoms with E-state index >= 15 is 0 Å². The summed E-state index contributed by atoms with van der Waals surface area (Å²) in [5, 5.41) is 38.2. The second-order valence-electron chi connectivity index (χ2n) is 6.53. The van der Waals surface area contributed by atoms with Gasteiger partial charge in [0, 0.05) is 6.07 Å². The van der Waals surface area contributed by atoms with Gasteiger partial charge in [0.2, 0.25) is 0 Å². The summed E-state index contributed by atoms with van der Waals surface area (Å²) in [6.07, 6.45) is -1.11. The fourth-order valence-corrected chi connectivity index (χ4v) is 3.19. The number of halogens is 3. The van der Waals surface area contributed by atoms with Gasteiger partial charge in [-0.3, -0.25) is 0 Å². The predicted molar refractivity (Wildman–Crippen MR) is 107 cm³/mol. The van der Waals surface area contributed by atoms with E-state index in [1.165, 1.54) is 19.1 Å². The van der Waals surface area contributed by atoms with Crippen molar-refractivity contribution in [1.29, 1.82) is 0 Å². The molecule has 0 aliphatic heterocycles. The molecular formula is C18H28Cl3NO6. The van der Waals surface area contributed by atoms with Crippen molar-refractivity contribution in [2.75, 3.05) is 19.8 Å². The molecule has 1 aromatic carbocycles. The van der Waals surface area contributed by atoms with Gasteiger partial charge >= 0.3 is 0 Å². The molecule has 1 rings (SSSR count). The number of nitrogens with one attached hydrogen (secondary N) is 1. The summed E-state index contributed by atoms with van der Waals surface area (Å²) in [6.45, 7) is 7.28. The molecule has 0 saturated carbocycles. The van der Waals surface area contributed by atoms with Crippen LogP contribution in [0.5, 0.6) is 5.75 Å². The van der Waals surface area contributed by atoms with Crippen molar-refractivity contribution < 1.29 is 34.9 Å². The smallest absolute Gasteiger partial charge is 0.140 e. The van der Waals surface area contributed by atoms with Crippen LogP contribution < -0.4 is 14.7 Å². The number of hydrogen-bond donors (Lipinski definition) is 4. The van der Waals surface area contributed by atoms with Crippen LogP contribution in [0.15, 0.2) is 12.1 Å². The van der Waals surface area contributed by atoms with Gasteiger partial charge in [-0.25, -0.2) is 0 Å². The van der Waals surface area contributed by atoms with Gasteiger partial charge in [0.05, 0.1) is 40.9 Å². The molecule has 4 atom stereocenters. The van der Waals surface area contributed by atoms with Gasteiger partial charge < -0.3 is 34.9 Å². The lowest BCUT2D eigenvalue weighted by atomic mass is 10.1. The minimum Gasteiger partial charge on any atom is -0.546 e. The third-order valence-electron chi connectivity index (χ3n) is 4.14. The zero-order valence-electron chi connectivity index (χ0n) is 16.3. The van der Waals surface area contributed by atoms with E-state index in [9.17, 15) is 9.90 Å². The number of carbonyl (C=O) groups excluding carboxylic acids is 1. The van der Waals surface area contributed by atoms with E-state index in [2.05, 4.69) is 0 Å². The number of aliphatic hydroxyl groups is 3. The Morgan fingerprint density at radius 3 is 1.68 bits per heavy atom. The van der Waals surface area contributed by atoms with Gasteiger partial charge in [0.15, 0.2) is 0 Å². The zero-order chi connectivity index (χ0) is 22.0. The Morgan fingerprint density at radius 2 is 1.32 bits per heavy atom. The number of aliphatic hydroxyl groups excluding tert-OH is 3. The highest BCUT2D eigenvalue weighted by Gasteiger charge is 2.27. The van der Waals surface area contributed by atoms with E-state index in [0.29, 0.717) is 0 Å². The molecule has 0 aliphatic carbocycles. The topological polar surface area (TPSA) is 114 Å². The lowest BCUT2D eigenvalue weighted by Crippen LogP contribution is -3.22. The quantitative estimate of drug-likeness (QED) is 0.391. The molecule has 0 fully saturated rings. The molecule has 4 unspecified atom stereocenters. The lowest BCUT2D eigenvalue weighted by molar-refractivity contribution is -0.968. The van der Waals surface area contributed by atoms with Crippen LogP contribution in [0.3, 0.4) is 0 Å². The Bertz CT molecular complexity index is 595. The maximum atomic E-state index is 10.4. The molecule has 0 aliphatic rings. The van der Waals surface area contributed by atoms with E-state index in [1.807, 2.05) is 20.8 Å². The fourth-order valence-electron chi connectivity index (χ4n) is 2.61. The molecule has 162 valence electrons. The zero-order valence-corrected chi connectivity index (χ0v) is 18.6. The van der Waals surface area contributed by atoms with Crippen molar-refractivity contribution in [2.45, 2.75) is 51.9 Å². The molecule has 0 bridgehead atoms. The molecular weight excluding hydrogens is 433 g/mol. The number of rotatable bonds is 9. The number of carbonyl (C=O) groups is 1. The average molecular weight is 461 g/mol. The minimum atomic E-state index is -1.34. The Morgan fingerprint density at radius 1 is 0.929 bits per heavy atom. The third kappa shape index (κ3) is 8.69. The van der Waals surface area contributed by atoms with Crippen molar-refractivity contribution in [3.05, 3.63) is 27.2 Å². The van der Waals surface area contributed by atoms with Crippen molar-refractivity contribution in [3.63, 3.8) is 0 Å². The molecule has 0 amide bonds. The number of ether oxygens (including phenoxy) is 1. The molecule has 0 radical (unpaired) electrons. The number of hydrogen-bond acceptors (Lipinski definition) is 6. The first-order chi connectivity index (χ1) is 13.0. The highest BCUT2D eigenvalue weighted by molar-refractivity contribution is 6.43. The van der Waals surface area contributed by atoms with Crippen LogP contribution in [-0.4, -0.2) is 65.3 Å². The standard InChI is InChI=1S/C9H7Cl3O3.C9H21NO3/c1-4(9(13)14)15-8-3-6(11)5(10)2-7(8)12;1-7(4-11)10(8(2)5-12)9(3)6-13/h2-4H,1H3,(H,13,14);7-9,11-13H,4-6H2,1-3H3. The molecule has 10 heteroatoms. The van der Waals surface area contributed by atoms with Gasteiger partial charge in [-0.1, -0.05) is 34.8 Å². The van der Waals surface area contributed by atoms with E-state index in [1.54, 1.807) is 0 Å². The van der Waals surface area contributed by atoms with Crippen LogP contribution in [0.2, 0.25) is 15.1 Å². The molecule has 0 aromatic heterocycles. The number of aliphatic carboxylic acids is 1. The van der Waals surface area contributed by atoms with E-state index in [0.717, 1.165) is 4.90 Å². The van der Waals surface area contributed by atoms with Gasteiger partial charge in [-0.2, -0.15) is 0 Å². The second-order valence-corrected chi connectivity index (χ2v) is 7.75. The maximum Gasteiger partial charge on any atom is 0.140 e. The number of quaternary nitrogens is 1. The van der Waals surface area contributed by atoms with Crippen molar-refractivity contribution in [3.8, 4) is 5.75 Å². The minimum absolute atomic E-state index is 0.0456.